The number of carbonyl (C=O) groups excluding carboxylic acids is 2. The molecule has 166 valence electrons. The van der Waals surface area contributed by atoms with Crippen molar-refractivity contribution >= 4 is 22.8 Å². The lowest BCUT2D eigenvalue weighted by atomic mass is 10.00. The first-order valence-corrected chi connectivity index (χ1v) is 10.3. The van der Waals surface area contributed by atoms with Crippen molar-refractivity contribution in [3.8, 4) is 22.6 Å². The molecule has 2 N–H and O–H groups in total. The summed E-state index contributed by atoms with van der Waals surface area (Å²) in [7, 11) is 1.59. The molecule has 1 saturated heterocycles. The summed E-state index contributed by atoms with van der Waals surface area (Å²) in [5, 5.41) is 0.749. The zero-order valence-electron chi connectivity index (χ0n) is 17.9. The maximum Gasteiger partial charge on any atom is 0.336 e. The Labute approximate surface area is 184 Å². The number of nitrogens with two attached hydrogens (primary N) is 1. The van der Waals surface area contributed by atoms with Gasteiger partial charge in [0.25, 0.3) is 5.91 Å². The van der Waals surface area contributed by atoms with E-state index in [1.807, 2.05) is 24.3 Å². The Balaban J connectivity index is 1.62. The van der Waals surface area contributed by atoms with Crippen LogP contribution in [0.4, 0.5) is 0 Å². The van der Waals surface area contributed by atoms with Crippen molar-refractivity contribution in [3.05, 3.63) is 58.4 Å². The first-order chi connectivity index (χ1) is 15.4. The highest BCUT2D eigenvalue weighted by atomic mass is 16.5. The van der Waals surface area contributed by atoms with Crippen LogP contribution in [0.2, 0.25) is 0 Å². The maximum atomic E-state index is 12.6. The largest absolute Gasteiger partial charge is 0.497 e. The standard InChI is InChI=1S/C24H24N2O6/c1-14-20(31-13-21(27)26-11-3-4-19(26)24(25)29)10-9-17-18(12-22(28)32-23(14)17)15-5-7-16(30-2)8-6-15/h5-10,12,19H,3-4,11,13H2,1-2H3,(H2,25,29)/t19-/m0/s1. The fourth-order valence-corrected chi connectivity index (χ4v) is 4.09. The van der Waals surface area contributed by atoms with Gasteiger partial charge in [-0.25, -0.2) is 4.79 Å². The van der Waals surface area contributed by atoms with Crippen LogP contribution in [0, 0.1) is 6.92 Å². The van der Waals surface area contributed by atoms with Gasteiger partial charge in [0.1, 0.15) is 23.1 Å². The summed E-state index contributed by atoms with van der Waals surface area (Å²) >= 11 is 0. The SMILES string of the molecule is COc1ccc(-c2cc(=O)oc3c(C)c(OCC(=O)N4CCC[C@H]4C(N)=O)ccc23)cc1. The Morgan fingerprint density at radius 3 is 2.62 bits per heavy atom. The number of carbonyl (C=O) groups is 2. The predicted octanol–water partition coefficient (Wildman–Crippen LogP) is 2.63. The van der Waals surface area contributed by atoms with E-state index >= 15 is 0 Å². The van der Waals surface area contributed by atoms with Gasteiger partial charge in [0, 0.05) is 23.6 Å². The molecule has 1 aliphatic heterocycles. The van der Waals surface area contributed by atoms with Crippen LogP contribution in [0.1, 0.15) is 18.4 Å². The fourth-order valence-electron chi connectivity index (χ4n) is 4.09. The average molecular weight is 436 g/mol. The van der Waals surface area contributed by atoms with Gasteiger partial charge in [-0.15, -0.1) is 0 Å². The van der Waals surface area contributed by atoms with Gasteiger partial charge >= 0.3 is 5.63 Å². The van der Waals surface area contributed by atoms with Crippen LogP contribution in [0.3, 0.4) is 0 Å². The topological polar surface area (TPSA) is 112 Å². The third kappa shape index (κ3) is 4.03. The van der Waals surface area contributed by atoms with E-state index < -0.39 is 17.6 Å². The normalized spacial score (nSPS) is 15.7. The number of primary amides is 1. The summed E-state index contributed by atoms with van der Waals surface area (Å²) in [6, 6.07) is 11.8. The molecular formula is C24H24N2O6. The summed E-state index contributed by atoms with van der Waals surface area (Å²) in [5.41, 5.74) is 7.48. The highest BCUT2D eigenvalue weighted by Crippen LogP contribution is 2.33. The van der Waals surface area contributed by atoms with Crippen molar-refractivity contribution in [2.45, 2.75) is 25.8 Å². The number of fused-ring (bicyclic) bond motifs is 1. The molecule has 3 aromatic rings. The van der Waals surface area contributed by atoms with Crippen LogP contribution in [0.15, 0.2) is 51.7 Å². The Hall–Kier alpha value is -3.81. The lowest BCUT2D eigenvalue weighted by Gasteiger charge is -2.22. The second kappa shape index (κ2) is 8.74. The molecular weight excluding hydrogens is 412 g/mol. The molecule has 0 saturated carbocycles. The monoisotopic (exact) mass is 436 g/mol. The zero-order chi connectivity index (χ0) is 22.8. The number of hydrogen-bond donors (Lipinski definition) is 1. The van der Waals surface area contributed by atoms with Crippen molar-refractivity contribution in [3.63, 3.8) is 0 Å². The number of amides is 2. The molecule has 1 aromatic heterocycles. The number of hydrogen-bond acceptors (Lipinski definition) is 6. The van der Waals surface area contributed by atoms with Crippen LogP contribution in [-0.4, -0.2) is 43.0 Å². The molecule has 0 unspecified atom stereocenters. The molecule has 0 radical (unpaired) electrons. The number of aryl methyl sites for hydroxylation is 1. The number of benzene rings is 2. The van der Waals surface area contributed by atoms with Crippen molar-refractivity contribution in [1.82, 2.24) is 4.90 Å². The van der Waals surface area contributed by atoms with E-state index in [2.05, 4.69) is 0 Å². The van der Waals surface area contributed by atoms with Crippen LogP contribution in [-0.2, 0) is 9.59 Å². The van der Waals surface area contributed by atoms with Crippen LogP contribution >= 0.6 is 0 Å². The predicted molar refractivity (Wildman–Crippen MR) is 119 cm³/mol. The van der Waals surface area contributed by atoms with Crippen LogP contribution in [0.5, 0.6) is 11.5 Å². The molecule has 32 heavy (non-hydrogen) atoms. The van der Waals surface area contributed by atoms with Gasteiger partial charge in [-0.1, -0.05) is 12.1 Å². The smallest absolute Gasteiger partial charge is 0.336 e. The van der Waals surface area contributed by atoms with Gasteiger partial charge in [-0.05, 0) is 55.2 Å². The van der Waals surface area contributed by atoms with Crippen molar-refractivity contribution in [1.29, 1.82) is 0 Å². The van der Waals surface area contributed by atoms with E-state index in [-0.39, 0.29) is 12.5 Å². The van der Waals surface area contributed by atoms with Gasteiger partial charge < -0.3 is 24.5 Å². The Morgan fingerprint density at radius 2 is 1.94 bits per heavy atom. The molecule has 0 spiro atoms. The minimum absolute atomic E-state index is 0.238. The quantitative estimate of drug-likeness (QED) is 0.595. The van der Waals surface area contributed by atoms with Crippen molar-refractivity contribution in [2.75, 3.05) is 20.3 Å². The first kappa shape index (κ1) is 21.4. The Morgan fingerprint density at radius 1 is 1.19 bits per heavy atom. The lowest BCUT2D eigenvalue weighted by Crippen LogP contribution is -2.45. The maximum absolute atomic E-state index is 12.6. The van der Waals surface area contributed by atoms with E-state index in [0.717, 1.165) is 22.9 Å². The van der Waals surface area contributed by atoms with Gasteiger partial charge in [-0.2, -0.15) is 0 Å². The molecule has 0 aliphatic carbocycles. The van der Waals surface area contributed by atoms with Crippen molar-refractivity contribution in [2.24, 2.45) is 5.73 Å². The second-order valence-electron chi connectivity index (χ2n) is 7.71. The lowest BCUT2D eigenvalue weighted by molar-refractivity contribution is -0.138. The molecule has 1 fully saturated rings. The molecule has 8 heteroatoms. The van der Waals surface area contributed by atoms with E-state index in [1.165, 1.54) is 11.0 Å². The van der Waals surface area contributed by atoms with E-state index in [4.69, 9.17) is 19.6 Å². The average Bonchev–Trinajstić information content (AvgIpc) is 3.29. The molecule has 2 heterocycles. The molecule has 1 aliphatic rings. The Kier molecular flexibility index (Phi) is 5.85. The van der Waals surface area contributed by atoms with Gasteiger partial charge in [0.05, 0.1) is 7.11 Å². The summed E-state index contributed by atoms with van der Waals surface area (Å²) < 4.78 is 16.4. The third-order valence-corrected chi connectivity index (χ3v) is 5.76. The summed E-state index contributed by atoms with van der Waals surface area (Å²) in [4.78, 5) is 37.8. The highest BCUT2D eigenvalue weighted by Gasteiger charge is 2.32. The Bertz CT molecular complexity index is 1230. The summed E-state index contributed by atoms with van der Waals surface area (Å²) in [5.74, 6) is 0.328. The van der Waals surface area contributed by atoms with E-state index in [1.54, 1.807) is 26.2 Å². The van der Waals surface area contributed by atoms with E-state index in [0.29, 0.717) is 35.6 Å². The fraction of sp³-hybridized carbons (Fsp3) is 0.292. The minimum atomic E-state index is -0.589. The summed E-state index contributed by atoms with van der Waals surface area (Å²) in [6.07, 6.45) is 1.29. The highest BCUT2D eigenvalue weighted by molar-refractivity contribution is 5.95. The number of nitrogens with zero attached hydrogens (tertiary/aromatic N) is 1. The molecule has 0 bridgehead atoms. The summed E-state index contributed by atoms with van der Waals surface area (Å²) in [6.45, 7) is 2.01. The van der Waals surface area contributed by atoms with E-state index in [9.17, 15) is 14.4 Å². The molecule has 4 rings (SSSR count). The molecule has 2 aromatic carbocycles. The molecule has 2 amide bonds. The van der Waals surface area contributed by atoms with Crippen molar-refractivity contribution < 1.29 is 23.5 Å². The molecule has 1 atom stereocenters. The van der Waals surface area contributed by atoms with Gasteiger partial charge in [-0.3, -0.25) is 9.59 Å². The van der Waals surface area contributed by atoms with Gasteiger partial charge in [0.2, 0.25) is 5.91 Å². The zero-order valence-corrected chi connectivity index (χ0v) is 17.9. The first-order valence-electron chi connectivity index (χ1n) is 10.3. The van der Waals surface area contributed by atoms with Gasteiger partial charge in [0.15, 0.2) is 6.61 Å². The van der Waals surface area contributed by atoms with Crippen LogP contribution < -0.4 is 20.8 Å². The number of ether oxygens (including phenoxy) is 2. The number of likely N-dealkylation sites (tertiary alicyclic amines) is 1. The number of methoxy groups -OCH3 is 1. The third-order valence-electron chi connectivity index (χ3n) is 5.76. The minimum Gasteiger partial charge on any atom is -0.497 e. The van der Waals surface area contributed by atoms with Crippen LogP contribution in [0.25, 0.3) is 22.1 Å². The molecule has 8 nitrogen and oxygen atoms in total. The number of rotatable bonds is 6. The second-order valence-corrected chi connectivity index (χ2v) is 7.71.